The van der Waals surface area contributed by atoms with E-state index in [-0.39, 0.29) is 17.9 Å². The Morgan fingerprint density at radius 2 is 1.93 bits per heavy atom. The monoisotopic (exact) mass is 391 g/mol. The van der Waals surface area contributed by atoms with Crippen molar-refractivity contribution in [1.29, 1.82) is 0 Å². The molecule has 0 spiro atoms. The lowest BCUT2D eigenvalue weighted by molar-refractivity contribution is -0.117. The van der Waals surface area contributed by atoms with E-state index in [0.29, 0.717) is 29.2 Å². The number of aryl methyl sites for hydroxylation is 2. The maximum absolute atomic E-state index is 11.6. The fourth-order valence-corrected chi connectivity index (χ4v) is 3.58. The van der Waals surface area contributed by atoms with Gasteiger partial charge in [-0.25, -0.2) is 0 Å². The minimum absolute atomic E-state index is 0.0161. The Balaban J connectivity index is 2.03. The van der Waals surface area contributed by atoms with Crippen LogP contribution in [0.5, 0.6) is 11.5 Å². The zero-order valence-electron chi connectivity index (χ0n) is 16.1. The van der Waals surface area contributed by atoms with Gasteiger partial charge in [-0.1, -0.05) is 13.0 Å². The highest BCUT2D eigenvalue weighted by molar-refractivity contribution is 5.90. The number of phenolic OH excluding ortho intramolecular Hbond substituents is 2. The van der Waals surface area contributed by atoms with Crippen molar-refractivity contribution in [3.8, 4) is 28.6 Å². The van der Waals surface area contributed by atoms with Gasteiger partial charge in [-0.2, -0.15) is 0 Å². The third-order valence-electron chi connectivity index (χ3n) is 5.03. The molecule has 0 aliphatic carbocycles. The summed E-state index contributed by atoms with van der Waals surface area (Å²) in [5, 5.41) is 29.9. The van der Waals surface area contributed by atoms with Gasteiger partial charge in [-0.15, -0.1) is 10.2 Å². The molecule has 0 radical (unpaired) electrons. The van der Waals surface area contributed by atoms with E-state index in [1.165, 1.54) is 6.07 Å². The number of rotatable bonds is 5. The van der Waals surface area contributed by atoms with E-state index in [4.69, 9.17) is 5.73 Å². The van der Waals surface area contributed by atoms with E-state index in [9.17, 15) is 15.0 Å². The Morgan fingerprint density at radius 1 is 1.14 bits per heavy atom. The van der Waals surface area contributed by atoms with Crippen LogP contribution in [0.25, 0.3) is 28.0 Å². The Hall–Kier alpha value is -3.81. The summed E-state index contributed by atoms with van der Waals surface area (Å²) in [4.78, 5) is 11.6. The van der Waals surface area contributed by atoms with E-state index in [0.717, 1.165) is 16.6 Å². The molecule has 4 N–H and O–H groups in total. The van der Waals surface area contributed by atoms with E-state index in [2.05, 4.69) is 10.2 Å². The van der Waals surface area contributed by atoms with Gasteiger partial charge in [0.2, 0.25) is 5.91 Å². The summed E-state index contributed by atoms with van der Waals surface area (Å²) >= 11 is 0. The number of benzene rings is 2. The van der Waals surface area contributed by atoms with Crippen LogP contribution in [0, 0.1) is 0 Å². The molecule has 1 amide bonds. The van der Waals surface area contributed by atoms with Crippen LogP contribution in [0.15, 0.2) is 42.6 Å². The van der Waals surface area contributed by atoms with Crippen molar-refractivity contribution in [3.63, 3.8) is 0 Å². The Kier molecular flexibility index (Phi) is 4.46. The third-order valence-corrected chi connectivity index (χ3v) is 5.03. The minimum Gasteiger partial charge on any atom is -0.508 e. The number of nitrogens with two attached hydrogens (primary N) is 1. The molecular weight excluding hydrogens is 370 g/mol. The minimum atomic E-state index is -0.533. The largest absolute Gasteiger partial charge is 0.508 e. The number of nitrogens with zero attached hydrogens (tertiary/aromatic N) is 4. The Labute approximate surface area is 166 Å². The molecule has 2 aromatic heterocycles. The lowest BCUT2D eigenvalue weighted by Gasteiger charge is -2.14. The molecule has 0 fully saturated rings. The highest BCUT2D eigenvalue weighted by Crippen LogP contribution is 2.37. The summed E-state index contributed by atoms with van der Waals surface area (Å²) in [7, 11) is 1.95. The van der Waals surface area contributed by atoms with Crippen molar-refractivity contribution in [1.82, 2.24) is 19.3 Å². The normalized spacial score (nSPS) is 11.2. The first-order valence-electron chi connectivity index (χ1n) is 9.23. The number of aromatic hydroxyl groups is 2. The third kappa shape index (κ3) is 3.08. The van der Waals surface area contributed by atoms with Gasteiger partial charge in [0, 0.05) is 30.2 Å². The number of hydrogen-bond donors (Lipinski definition) is 3. The van der Waals surface area contributed by atoms with Crippen LogP contribution < -0.4 is 5.73 Å². The zero-order chi connectivity index (χ0) is 20.7. The highest BCUT2D eigenvalue weighted by atomic mass is 16.3. The molecule has 4 aromatic rings. The number of carbonyl (C=O) groups is 1. The van der Waals surface area contributed by atoms with Crippen LogP contribution in [-0.2, 0) is 24.7 Å². The van der Waals surface area contributed by atoms with E-state index < -0.39 is 5.91 Å². The molecule has 0 saturated heterocycles. The van der Waals surface area contributed by atoms with Gasteiger partial charge in [-0.3, -0.25) is 9.36 Å². The molecule has 0 atom stereocenters. The van der Waals surface area contributed by atoms with Gasteiger partial charge in [0.1, 0.15) is 17.3 Å². The van der Waals surface area contributed by atoms with Crippen LogP contribution in [0.4, 0.5) is 0 Å². The molecular formula is C21H21N5O3. The zero-order valence-corrected chi connectivity index (χ0v) is 16.1. The quantitative estimate of drug-likeness (QED) is 0.483. The van der Waals surface area contributed by atoms with Crippen molar-refractivity contribution in [2.24, 2.45) is 12.8 Å². The number of phenols is 2. The maximum Gasteiger partial charge on any atom is 0.225 e. The Morgan fingerprint density at radius 3 is 2.66 bits per heavy atom. The average Bonchev–Trinajstić information content (AvgIpc) is 3.25. The predicted octanol–water partition coefficient (Wildman–Crippen LogP) is 2.43. The molecule has 148 valence electrons. The summed E-state index contributed by atoms with van der Waals surface area (Å²) < 4.78 is 3.72. The smallest absolute Gasteiger partial charge is 0.225 e. The molecule has 8 nitrogen and oxygen atoms in total. The van der Waals surface area contributed by atoms with Crippen molar-refractivity contribution in [2.75, 3.05) is 0 Å². The second-order valence-corrected chi connectivity index (χ2v) is 6.91. The lowest BCUT2D eigenvalue weighted by Crippen LogP contribution is -2.17. The number of carbonyl (C=O) groups excluding carboxylic acids is 1. The van der Waals surface area contributed by atoms with Gasteiger partial charge < -0.3 is 20.5 Å². The molecule has 2 heterocycles. The van der Waals surface area contributed by atoms with Crippen LogP contribution in [-0.4, -0.2) is 35.5 Å². The van der Waals surface area contributed by atoms with Gasteiger partial charge in [0.05, 0.1) is 17.7 Å². The van der Waals surface area contributed by atoms with Crippen LogP contribution in [0.2, 0.25) is 0 Å². The maximum atomic E-state index is 11.6. The second-order valence-electron chi connectivity index (χ2n) is 6.91. The predicted molar refractivity (Wildman–Crippen MR) is 109 cm³/mol. The van der Waals surface area contributed by atoms with Crippen LogP contribution >= 0.6 is 0 Å². The summed E-state index contributed by atoms with van der Waals surface area (Å²) in [6.07, 6.45) is 2.42. The van der Waals surface area contributed by atoms with Crippen molar-refractivity contribution in [2.45, 2.75) is 19.8 Å². The molecule has 0 aliphatic rings. The highest BCUT2D eigenvalue weighted by Gasteiger charge is 2.22. The average molecular weight is 391 g/mol. The Bertz CT molecular complexity index is 1240. The number of fused-ring (bicyclic) bond motifs is 1. The van der Waals surface area contributed by atoms with E-state index in [1.807, 2.05) is 49.0 Å². The fraction of sp³-hybridized carbons (Fsp3) is 0.190. The second kappa shape index (κ2) is 6.97. The molecule has 0 unspecified atom stereocenters. The first-order chi connectivity index (χ1) is 13.9. The summed E-state index contributed by atoms with van der Waals surface area (Å²) in [6, 6.07) is 10.7. The number of hydrogen-bond acceptors (Lipinski definition) is 5. The summed E-state index contributed by atoms with van der Waals surface area (Å²) in [6.45, 7) is 1.91. The summed E-state index contributed by atoms with van der Waals surface area (Å²) in [5.74, 6) is 0.0929. The van der Waals surface area contributed by atoms with E-state index >= 15 is 0 Å². The van der Waals surface area contributed by atoms with Gasteiger partial charge in [0.25, 0.3) is 0 Å². The van der Waals surface area contributed by atoms with Crippen LogP contribution in [0.3, 0.4) is 0 Å². The number of primary amides is 1. The molecule has 0 saturated carbocycles. The van der Waals surface area contributed by atoms with Crippen molar-refractivity contribution < 1.29 is 15.0 Å². The first-order valence-corrected chi connectivity index (χ1v) is 9.23. The molecule has 0 aliphatic heterocycles. The first kappa shape index (κ1) is 18.5. The van der Waals surface area contributed by atoms with Gasteiger partial charge in [0.15, 0.2) is 5.82 Å². The van der Waals surface area contributed by atoms with E-state index in [1.54, 1.807) is 10.6 Å². The number of amides is 1. The van der Waals surface area contributed by atoms with Gasteiger partial charge in [-0.05, 0) is 36.2 Å². The van der Waals surface area contributed by atoms with Crippen molar-refractivity contribution in [3.05, 3.63) is 54.0 Å². The van der Waals surface area contributed by atoms with Crippen molar-refractivity contribution >= 4 is 16.8 Å². The molecule has 2 aromatic carbocycles. The number of aromatic nitrogens is 4. The van der Waals surface area contributed by atoms with Crippen LogP contribution in [0.1, 0.15) is 18.3 Å². The standard InChI is InChI=1S/C21H21N5O3/c1-3-12-9-14(18(28)10-17(12)27)21-24-23-20(11-19(22)29)26(21)16-6-4-5-15-13(16)7-8-25(15)2/h4-10,27-28H,3,11H2,1-2H3,(H2,22,29). The molecule has 8 heteroatoms. The summed E-state index contributed by atoms with van der Waals surface area (Å²) in [5.41, 5.74) is 8.27. The SMILES string of the molecule is CCc1cc(-c2nnc(CC(N)=O)n2-c2cccc3c2ccn3C)c(O)cc1O. The lowest BCUT2D eigenvalue weighted by atomic mass is 10.1. The topological polar surface area (TPSA) is 119 Å². The molecule has 4 rings (SSSR count). The van der Waals surface area contributed by atoms with Gasteiger partial charge >= 0.3 is 0 Å². The molecule has 0 bridgehead atoms. The molecule has 29 heavy (non-hydrogen) atoms. The fourth-order valence-electron chi connectivity index (χ4n) is 3.58.